The van der Waals surface area contributed by atoms with Crippen molar-refractivity contribution in [3.05, 3.63) is 23.8 Å². The molecule has 0 aliphatic carbocycles. The number of aliphatic hydroxyl groups is 1. The first-order valence-electron chi connectivity index (χ1n) is 10.1. The number of rotatable bonds is 21. The predicted octanol–water partition coefficient (Wildman–Crippen LogP) is 1.30. The first kappa shape index (κ1) is 26.6. The number of ether oxygens (including phenoxy) is 8. The molecule has 0 aliphatic heterocycles. The van der Waals surface area contributed by atoms with Crippen LogP contribution in [0.1, 0.15) is 5.56 Å². The average molecular weight is 433 g/mol. The van der Waals surface area contributed by atoms with Crippen molar-refractivity contribution in [1.29, 1.82) is 0 Å². The lowest BCUT2D eigenvalue weighted by Gasteiger charge is -2.12. The number of benzene rings is 1. The van der Waals surface area contributed by atoms with Gasteiger partial charge in [-0.15, -0.1) is 0 Å². The lowest BCUT2D eigenvalue weighted by molar-refractivity contribution is 0.0174. The molecule has 0 atom stereocenters. The van der Waals surface area contributed by atoms with Crippen molar-refractivity contribution in [3.63, 3.8) is 0 Å². The van der Waals surface area contributed by atoms with Gasteiger partial charge in [-0.2, -0.15) is 0 Å². The number of hydrogen-bond donors (Lipinski definition) is 1. The van der Waals surface area contributed by atoms with Crippen LogP contribution in [0.5, 0.6) is 11.5 Å². The zero-order chi connectivity index (χ0) is 21.7. The number of aliphatic hydroxyl groups excluding tert-OH is 1. The van der Waals surface area contributed by atoms with Crippen LogP contribution in [0.25, 0.3) is 0 Å². The van der Waals surface area contributed by atoms with Gasteiger partial charge in [0.2, 0.25) is 0 Å². The number of hydrogen-bond acceptors (Lipinski definition) is 9. The second kappa shape index (κ2) is 19.5. The third kappa shape index (κ3) is 14.5. The van der Waals surface area contributed by atoms with E-state index >= 15 is 0 Å². The zero-order valence-electron chi connectivity index (χ0n) is 18.1. The van der Waals surface area contributed by atoms with Crippen molar-refractivity contribution in [2.75, 3.05) is 93.5 Å². The standard InChI is InChI=1S/C21H36O9/c1-23-3-5-25-7-9-27-11-13-29-20-15-19(18-22)16-21(17-20)30-14-12-28-10-8-26-6-4-24-2/h15-17,22H,3-14,18H2,1-2H3. The van der Waals surface area contributed by atoms with Crippen LogP contribution < -0.4 is 9.47 Å². The molecule has 30 heavy (non-hydrogen) atoms. The van der Waals surface area contributed by atoms with E-state index < -0.39 is 0 Å². The summed E-state index contributed by atoms with van der Waals surface area (Å²) >= 11 is 0. The summed E-state index contributed by atoms with van der Waals surface area (Å²) in [5, 5.41) is 9.44. The van der Waals surface area contributed by atoms with Gasteiger partial charge in [0.15, 0.2) is 0 Å². The summed E-state index contributed by atoms with van der Waals surface area (Å²) in [4.78, 5) is 0. The molecule has 0 aromatic heterocycles. The second-order valence-electron chi connectivity index (χ2n) is 6.10. The van der Waals surface area contributed by atoms with Gasteiger partial charge < -0.3 is 43.0 Å². The molecule has 174 valence electrons. The molecule has 0 saturated carbocycles. The van der Waals surface area contributed by atoms with E-state index in [-0.39, 0.29) is 6.61 Å². The monoisotopic (exact) mass is 432 g/mol. The Labute approximate surface area is 179 Å². The van der Waals surface area contributed by atoms with Crippen LogP contribution in [0.2, 0.25) is 0 Å². The van der Waals surface area contributed by atoms with E-state index in [2.05, 4.69) is 0 Å². The molecule has 0 amide bonds. The molecular formula is C21H36O9. The van der Waals surface area contributed by atoms with Crippen molar-refractivity contribution in [2.24, 2.45) is 0 Å². The van der Waals surface area contributed by atoms with E-state index in [9.17, 15) is 5.11 Å². The molecule has 0 saturated heterocycles. The minimum Gasteiger partial charge on any atom is -0.491 e. The molecule has 0 bridgehead atoms. The Morgan fingerprint density at radius 1 is 0.533 bits per heavy atom. The lowest BCUT2D eigenvalue weighted by Crippen LogP contribution is -2.13. The Bertz CT molecular complexity index is 473. The minimum atomic E-state index is -0.0990. The quantitative estimate of drug-likeness (QED) is 0.288. The van der Waals surface area contributed by atoms with E-state index in [0.717, 1.165) is 0 Å². The highest BCUT2D eigenvalue weighted by molar-refractivity contribution is 5.38. The van der Waals surface area contributed by atoms with Crippen LogP contribution in [0.15, 0.2) is 18.2 Å². The van der Waals surface area contributed by atoms with Gasteiger partial charge in [0.1, 0.15) is 24.7 Å². The van der Waals surface area contributed by atoms with E-state index in [1.165, 1.54) is 0 Å². The Hall–Kier alpha value is -1.46. The summed E-state index contributed by atoms with van der Waals surface area (Å²) in [6.07, 6.45) is 0. The molecule has 0 spiro atoms. The molecule has 1 rings (SSSR count). The normalized spacial score (nSPS) is 11.0. The summed E-state index contributed by atoms with van der Waals surface area (Å²) in [7, 11) is 3.27. The highest BCUT2D eigenvalue weighted by atomic mass is 16.6. The Morgan fingerprint density at radius 2 is 0.900 bits per heavy atom. The molecule has 0 unspecified atom stereocenters. The van der Waals surface area contributed by atoms with E-state index in [0.29, 0.717) is 96.3 Å². The fourth-order valence-corrected chi connectivity index (χ4v) is 2.25. The minimum absolute atomic E-state index is 0.0990. The maximum absolute atomic E-state index is 9.44. The molecule has 0 radical (unpaired) electrons. The summed E-state index contributed by atoms with van der Waals surface area (Å²) in [6.45, 7) is 5.83. The third-order valence-electron chi connectivity index (χ3n) is 3.72. The molecule has 9 heteroatoms. The van der Waals surface area contributed by atoms with Crippen LogP contribution in [0.4, 0.5) is 0 Å². The third-order valence-corrected chi connectivity index (χ3v) is 3.72. The molecular weight excluding hydrogens is 396 g/mol. The van der Waals surface area contributed by atoms with Crippen molar-refractivity contribution in [3.8, 4) is 11.5 Å². The van der Waals surface area contributed by atoms with Gasteiger partial charge in [-0.3, -0.25) is 0 Å². The van der Waals surface area contributed by atoms with Gasteiger partial charge in [0.05, 0.1) is 72.7 Å². The van der Waals surface area contributed by atoms with Crippen LogP contribution >= 0.6 is 0 Å². The molecule has 0 fully saturated rings. The van der Waals surface area contributed by atoms with Crippen molar-refractivity contribution >= 4 is 0 Å². The SMILES string of the molecule is COCCOCCOCCOc1cc(CO)cc(OCCOCCOCCOC)c1. The van der Waals surface area contributed by atoms with Gasteiger partial charge in [0.25, 0.3) is 0 Å². The van der Waals surface area contributed by atoms with Crippen LogP contribution in [0, 0.1) is 0 Å². The molecule has 1 aromatic rings. The number of methoxy groups -OCH3 is 2. The summed E-state index contributed by atoms with van der Waals surface area (Å²) in [5.41, 5.74) is 0.711. The smallest absolute Gasteiger partial charge is 0.123 e. The average Bonchev–Trinajstić information content (AvgIpc) is 2.76. The Kier molecular flexibility index (Phi) is 17.3. The van der Waals surface area contributed by atoms with E-state index in [1.54, 1.807) is 32.4 Å². The maximum Gasteiger partial charge on any atom is 0.123 e. The molecule has 9 nitrogen and oxygen atoms in total. The maximum atomic E-state index is 9.44. The topological polar surface area (TPSA) is 94.1 Å². The summed E-state index contributed by atoms with van der Waals surface area (Å²) in [6, 6.07) is 5.32. The van der Waals surface area contributed by atoms with E-state index in [1.807, 2.05) is 0 Å². The van der Waals surface area contributed by atoms with E-state index in [4.69, 9.17) is 37.9 Å². The van der Waals surface area contributed by atoms with Gasteiger partial charge >= 0.3 is 0 Å². The highest BCUT2D eigenvalue weighted by Gasteiger charge is 2.04. The second-order valence-corrected chi connectivity index (χ2v) is 6.10. The molecule has 0 aliphatic rings. The predicted molar refractivity (Wildman–Crippen MR) is 110 cm³/mol. The highest BCUT2D eigenvalue weighted by Crippen LogP contribution is 2.23. The largest absolute Gasteiger partial charge is 0.491 e. The first-order chi connectivity index (χ1) is 14.8. The van der Waals surface area contributed by atoms with Gasteiger partial charge in [-0.25, -0.2) is 0 Å². The van der Waals surface area contributed by atoms with Gasteiger partial charge in [-0.05, 0) is 17.7 Å². The lowest BCUT2D eigenvalue weighted by atomic mass is 10.2. The fourth-order valence-electron chi connectivity index (χ4n) is 2.25. The molecule has 1 aromatic carbocycles. The molecule has 0 heterocycles. The van der Waals surface area contributed by atoms with Crippen LogP contribution in [-0.2, 0) is 35.0 Å². The van der Waals surface area contributed by atoms with Crippen molar-refractivity contribution in [1.82, 2.24) is 0 Å². The van der Waals surface area contributed by atoms with Crippen molar-refractivity contribution in [2.45, 2.75) is 6.61 Å². The first-order valence-corrected chi connectivity index (χ1v) is 10.1. The van der Waals surface area contributed by atoms with Crippen molar-refractivity contribution < 1.29 is 43.0 Å². The fraction of sp³-hybridized carbons (Fsp3) is 0.714. The van der Waals surface area contributed by atoms with Gasteiger partial charge in [-0.1, -0.05) is 0 Å². The summed E-state index contributed by atoms with van der Waals surface area (Å²) < 4.78 is 42.7. The Balaban J connectivity index is 2.17. The Morgan fingerprint density at radius 3 is 1.27 bits per heavy atom. The molecule has 1 N–H and O–H groups in total. The zero-order valence-corrected chi connectivity index (χ0v) is 18.1. The summed E-state index contributed by atoms with van der Waals surface area (Å²) in [5.74, 6) is 1.23. The van der Waals surface area contributed by atoms with Gasteiger partial charge in [0, 0.05) is 20.3 Å². The van der Waals surface area contributed by atoms with Crippen LogP contribution in [0.3, 0.4) is 0 Å². The van der Waals surface area contributed by atoms with Crippen LogP contribution in [-0.4, -0.2) is 98.6 Å².